The summed E-state index contributed by atoms with van der Waals surface area (Å²) in [5.41, 5.74) is 1.39. The van der Waals surface area contributed by atoms with E-state index in [2.05, 4.69) is 5.32 Å². The summed E-state index contributed by atoms with van der Waals surface area (Å²) in [5.74, 6) is -0.853. The van der Waals surface area contributed by atoms with Crippen molar-refractivity contribution in [2.75, 3.05) is 5.32 Å². The average Bonchev–Trinajstić information content (AvgIpc) is 2.45. The van der Waals surface area contributed by atoms with E-state index >= 15 is 0 Å². The van der Waals surface area contributed by atoms with Gasteiger partial charge in [0.25, 0.3) is 0 Å². The number of anilines is 1. The minimum absolute atomic E-state index is 0.334. The molecule has 2 rings (SSSR count). The van der Waals surface area contributed by atoms with Gasteiger partial charge in [0.15, 0.2) is 0 Å². The zero-order chi connectivity index (χ0) is 14.5. The maximum absolute atomic E-state index is 13.4. The standard InChI is InChI=1S/C14H10FN3O2/c15-13-7-11(3-6-14(13)18(19)20)9-17-12-4-1-10(8-16)2-5-12/h1-7,17H,9H2. The summed E-state index contributed by atoms with van der Waals surface area (Å²) < 4.78 is 13.4. The molecule has 0 heterocycles. The summed E-state index contributed by atoms with van der Waals surface area (Å²) in [5, 5.41) is 22.2. The van der Waals surface area contributed by atoms with Crippen molar-refractivity contribution in [1.82, 2.24) is 0 Å². The highest BCUT2D eigenvalue weighted by molar-refractivity contribution is 5.48. The van der Waals surface area contributed by atoms with E-state index < -0.39 is 16.4 Å². The molecule has 0 unspecified atom stereocenters. The molecule has 0 bridgehead atoms. The summed E-state index contributed by atoms with van der Waals surface area (Å²) in [6.45, 7) is 0.334. The van der Waals surface area contributed by atoms with Gasteiger partial charge >= 0.3 is 5.69 Å². The van der Waals surface area contributed by atoms with Gasteiger partial charge in [0, 0.05) is 18.3 Å². The molecular weight excluding hydrogens is 261 g/mol. The van der Waals surface area contributed by atoms with Crippen molar-refractivity contribution in [1.29, 1.82) is 5.26 Å². The normalized spacial score (nSPS) is 9.80. The van der Waals surface area contributed by atoms with Gasteiger partial charge in [0.05, 0.1) is 16.6 Å². The smallest absolute Gasteiger partial charge is 0.304 e. The first-order chi connectivity index (χ1) is 9.60. The second kappa shape index (κ2) is 5.80. The molecule has 0 saturated carbocycles. The Labute approximate surface area is 114 Å². The van der Waals surface area contributed by atoms with Crippen molar-refractivity contribution in [2.24, 2.45) is 0 Å². The first-order valence-electron chi connectivity index (χ1n) is 5.77. The molecule has 0 amide bonds. The van der Waals surface area contributed by atoms with E-state index in [9.17, 15) is 14.5 Å². The lowest BCUT2D eigenvalue weighted by Crippen LogP contribution is -2.01. The van der Waals surface area contributed by atoms with Crippen LogP contribution in [0.2, 0.25) is 0 Å². The zero-order valence-corrected chi connectivity index (χ0v) is 10.3. The molecule has 0 atom stereocenters. The minimum atomic E-state index is -0.853. The number of nitrogens with one attached hydrogen (secondary N) is 1. The molecule has 1 N–H and O–H groups in total. The van der Waals surface area contributed by atoms with E-state index in [0.717, 1.165) is 17.8 Å². The Morgan fingerprint density at radius 2 is 1.95 bits per heavy atom. The minimum Gasteiger partial charge on any atom is -0.381 e. The molecule has 0 aliphatic rings. The average molecular weight is 271 g/mol. The summed E-state index contributed by atoms with van der Waals surface area (Å²) in [4.78, 5) is 9.74. The lowest BCUT2D eigenvalue weighted by molar-refractivity contribution is -0.387. The van der Waals surface area contributed by atoms with Crippen LogP contribution in [-0.4, -0.2) is 4.92 Å². The number of nitrogens with zero attached hydrogens (tertiary/aromatic N) is 2. The molecule has 0 fully saturated rings. The Bertz CT molecular complexity index is 678. The summed E-state index contributed by atoms with van der Waals surface area (Å²) >= 11 is 0. The van der Waals surface area contributed by atoms with Gasteiger partial charge in [-0.3, -0.25) is 10.1 Å². The van der Waals surface area contributed by atoms with Crippen LogP contribution in [0.25, 0.3) is 0 Å². The molecule has 0 aliphatic heterocycles. The van der Waals surface area contributed by atoms with Crippen LogP contribution in [-0.2, 0) is 6.54 Å². The van der Waals surface area contributed by atoms with Gasteiger partial charge in [-0.15, -0.1) is 0 Å². The maximum atomic E-state index is 13.4. The Morgan fingerprint density at radius 1 is 1.25 bits per heavy atom. The maximum Gasteiger partial charge on any atom is 0.304 e. The van der Waals surface area contributed by atoms with Gasteiger partial charge in [-0.25, -0.2) is 0 Å². The monoisotopic (exact) mass is 271 g/mol. The molecule has 0 spiro atoms. The Hall–Kier alpha value is -2.94. The fourth-order valence-electron chi connectivity index (χ4n) is 1.68. The van der Waals surface area contributed by atoms with Crippen molar-refractivity contribution < 1.29 is 9.31 Å². The van der Waals surface area contributed by atoms with Crippen LogP contribution in [0.4, 0.5) is 15.8 Å². The molecule has 0 radical (unpaired) electrons. The quantitative estimate of drug-likeness (QED) is 0.684. The third-order valence-corrected chi connectivity index (χ3v) is 2.72. The van der Waals surface area contributed by atoms with Gasteiger partial charge in [-0.2, -0.15) is 9.65 Å². The van der Waals surface area contributed by atoms with Crippen molar-refractivity contribution in [2.45, 2.75) is 6.54 Å². The van der Waals surface area contributed by atoms with Crippen molar-refractivity contribution >= 4 is 11.4 Å². The second-order valence-electron chi connectivity index (χ2n) is 4.09. The topological polar surface area (TPSA) is 79.0 Å². The predicted octanol–water partition coefficient (Wildman–Crippen LogP) is 3.22. The van der Waals surface area contributed by atoms with E-state index in [4.69, 9.17) is 5.26 Å². The molecule has 5 nitrogen and oxygen atoms in total. The molecule has 2 aromatic rings. The van der Waals surface area contributed by atoms with Gasteiger partial charge in [0.2, 0.25) is 5.82 Å². The molecule has 2 aromatic carbocycles. The number of halogens is 1. The molecule has 6 heteroatoms. The van der Waals surface area contributed by atoms with Crippen LogP contribution in [0, 0.1) is 27.3 Å². The Morgan fingerprint density at radius 3 is 2.50 bits per heavy atom. The molecule has 100 valence electrons. The second-order valence-corrected chi connectivity index (χ2v) is 4.09. The summed E-state index contributed by atoms with van der Waals surface area (Å²) in [6, 6.07) is 12.6. The van der Waals surface area contributed by atoms with Gasteiger partial charge < -0.3 is 5.32 Å². The number of hydrogen-bond acceptors (Lipinski definition) is 4. The number of benzene rings is 2. The van der Waals surface area contributed by atoms with Crippen molar-refractivity contribution in [3.05, 3.63) is 69.5 Å². The number of rotatable bonds is 4. The Kier molecular flexibility index (Phi) is 3.91. The van der Waals surface area contributed by atoms with Crippen LogP contribution < -0.4 is 5.32 Å². The molecule has 20 heavy (non-hydrogen) atoms. The lowest BCUT2D eigenvalue weighted by Gasteiger charge is -2.06. The third-order valence-electron chi connectivity index (χ3n) is 2.72. The summed E-state index contributed by atoms with van der Waals surface area (Å²) in [6.07, 6.45) is 0. The Balaban J connectivity index is 2.05. The van der Waals surface area contributed by atoms with Crippen molar-refractivity contribution in [3.63, 3.8) is 0 Å². The lowest BCUT2D eigenvalue weighted by atomic mass is 10.2. The zero-order valence-electron chi connectivity index (χ0n) is 10.3. The third kappa shape index (κ3) is 3.09. The van der Waals surface area contributed by atoms with Crippen LogP contribution >= 0.6 is 0 Å². The number of hydrogen-bond donors (Lipinski definition) is 1. The van der Waals surface area contributed by atoms with E-state index in [0.29, 0.717) is 17.7 Å². The fourth-order valence-corrected chi connectivity index (χ4v) is 1.68. The van der Waals surface area contributed by atoms with Crippen LogP contribution in [0.3, 0.4) is 0 Å². The number of nitro benzene ring substituents is 1. The van der Waals surface area contributed by atoms with Crippen LogP contribution in [0.15, 0.2) is 42.5 Å². The molecule has 0 aliphatic carbocycles. The predicted molar refractivity (Wildman–Crippen MR) is 71.5 cm³/mol. The van der Waals surface area contributed by atoms with Gasteiger partial charge in [0.1, 0.15) is 0 Å². The highest BCUT2D eigenvalue weighted by Crippen LogP contribution is 2.19. The number of nitro groups is 1. The van der Waals surface area contributed by atoms with E-state index in [1.807, 2.05) is 6.07 Å². The SMILES string of the molecule is N#Cc1ccc(NCc2ccc([N+](=O)[O-])c(F)c2)cc1. The first-order valence-corrected chi connectivity index (χ1v) is 5.77. The molecule has 0 saturated heterocycles. The fraction of sp³-hybridized carbons (Fsp3) is 0.0714. The largest absolute Gasteiger partial charge is 0.381 e. The number of nitriles is 1. The van der Waals surface area contributed by atoms with Crippen LogP contribution in [0.5, 0.6) is 0 Å². The van der Waals surface area contributed by atoms with Gasteiger partial charge in [-0.1, -0.05) is 6.07 Å². The summed E-state index contributed by atoms with van der Waals surface area (Å²) in [7, 11) is 0. The highest BCUT2D eigenvalue weighted by Gasteiger charge is 2.13. The highest BCUT2D eigenvalue weighted by atomic mass is 19.1. The van der Waals surface area contributed by atoms with Gasteiger partial charge in [-0.05, 0) is 35.9 Å². The first kappa shape index (κ1) is 13.5. The van der Waals surface area contributed by atoms with E-state index in [-0.39, 0.29) is 0 Å². The van der Waals surface area contributed by atoms with Crippen LogP contribution in [0.1, 0.15) is 11.1 Å². The molecular formula is C14H10FN3O2. The van der Waals surface area contributed by atoms with E-state index in [1.54, 1.807) is 24.3 Å². The van der Waals surface area contributed by atoms with Crippen molar-refractivity contribution in [3.8, 4) is 6.07 Å². The van der Waals surface area contributed by atoms with E-state index in [1.165, 1.54) is 6.07 Å². The molecule has 0 aromatic heterocycles.